The zero-order chi connectivity index (χ0) is 17.6. The first kappa shape index (κ1) is 15.8. The van der Waals surface area contributed by atoms with Gasteiger partial charge >= 0.3 is 12.0 Å². The molecular weight excluding hydrogens is 346 g/mol. The number of anilines is 1. The molecule has 0 radical (unpaired) electrons. The highest BCUT2D eigenvalue weighted by Crippen LogP contribution is 2.33. The smallest absolute Gasteiger partial charge is 0.359 e. The Kier molecular flexibility index (Phi) is 3.75. The second-order valence-electron chi connectivity index (χ2n) is 6.28. The SMILES string of the molecule is O=C(O)c1nnsc1NC(=O)N1C[C@H]2Cc3cccc(=O)n3[C@@H](C2)C1. The molecule has 2 aromatic heterocycles. The van der Waals surface area contributed by atoms with Crippen LogP contribution in [0.5, 0.6) is 0 Å². The topological polar surface area (TPSA) is 117 Å². The molecule has 2 atom stereocenters. The second-order valence-corrected chi connectivity index (χ2v) is 7.03. The fraction of sp³-hybridized carbons (Fsp3) is 0.400. The van der Waals surface area contributed by atoms with Crippen LogP contribution >= 0.6 is 11.5 Å². The van der Waals surface area contributed by atoms with Gasteiger partial charge in [0.1, 0.15) is 0 Å². The minimum Gasteiger partial charge on any atom is -0.476 e. The molecule has 2 aliphatic rings. The molecule has 2 amide bonds. The Morgan fingerprint density at radius 3 is 2.96 bits per heavy atom. The van der Waals surface area contributed by atoms with Gasteiger partial charge in [-0.3, -0.25) is 10.1 Å². The van der Waals surface area contributed by atoms with Gasteiger partial charge in [0.2, 0.25) is 5.69 Å². The molecule has 4 heterocycles. The number of nitrogens with one attached hydrogen (secondary N) is 1. The first-order chi connectivity index (χ1) is 12.0. The van der Waals surface area contributed by atoms with Crippen molar-refractivity contribution >= 4 is 28.5 Å². The second kappa shape index (κ2) is 5.96. The van der Waals surface area contributed by atoms with Crippen molar-refractivity contribution in [2.24, 2.45) is 5.92 Å². The van der Waals surface area contributed by atoms with Gasteiger partial charge in [-0.05, 0) is 24.8 Å². The lowest BCUT2D eigenvalue weighted by Crippen LogP contribution is -2.51. The fourth-order valence-corrected chi connectivity index (χ4v) is 4.24. The minimum atomic E-state index is -1.24. The lowest BCUT2D eigenvalue weighted by Gasteiger charge is -2.42. The normalized spacial score (nSPS) is 21.5. The van der Waals surface area contributed by atoms with Crippen molar-refractivity contribution in [1.29, 1.82) is 0 Å². The van der Waals surface area contributed by atoms with Crippen LogP contribution in [-0.2, 0) is 6.42 Å². The number of pyridine rings is 1. The number of piperidine rings is 1. The molecule has 2 aromatic rings. The van der Waals surface area contributed by atoms with Gasteiger partial charge in [0, 0.05) is 36.4 Å². The van der Waals surface area contributed by atoms with E-state index in [0.29, 0.717) is 13.1 Å². The summed E-state index contributed by atoms with van der Waals surface area (Å²) >= 11 is 0.827. The number of aromatic nitrogens is 3. The van der Waals surface area contributed by atoms with Crippen LogP contribution in [0, 0.1) is 5.92 Å². The number of carboxylic acid groups (broad SMARTS) is 1. The van der Waals surface area contributed by atoms with Crippen molar-refractivity contribution in [1.82, 2.24) is 19.1 Å². The van der Waals surface area contributed by atoms with Crippen LogP contribution in [0.4, 0.5) is 9.80 Å². The Labute approximate surface area is 146 Å². The van der Waals surface area contributed by atoms with Gasteiger partial charge in [-0.2, -0.15) is 0 Å². The number of likely N-dealkylation sites (tertiary alicyclic amines) is 1. The molecule has 1 fully saturated rings. The summed E-state index contributed by atoms with van der Waals surface area (Å²) in [6.45, 7) is 0.980. The maximum Gasteiger partial charge on any atom is 0.359 e. The van der Waals surface area contributed by atoms with Gasteiger partial charge in [0.15, 0.2) is 5.00 Å². The molecule has 0 unspecified atom stereocenters. The number of nitrogens with zero attached hydrogens (tertiary/aromatic N) is 4. The molecule has 2 bridgehead atoms. The Morgan fingerprint density at radius 2 is 2.16 bits per heavy atom. The van der Waals surface area contributed by atoms with Gasteiger partial charge in [-0.25, -0.2) is 9.59 Å². The Balaban J connectivity index is 1.55. The molecule has 9 nitrogen and oxygen atoms in total. The lowest BCUT2D eigenvalue weighted by atomic mass is 9.86. The number of rotatable bonds is 2. The van der Waals surface area contributed by atoms with Gasteiger partial charge in [0.05, 0.1) is 6.04 Å². The van der Waals surface area contributed by atoms with E-state index in [-0.39, 0.29) is 28.2 Å². The maximum absolute atomic E-state index is 12.6. The van der Waals surface area contributed by atoms with E-state index in [9.17, 15) is 14.4 Å². The number of aromatic carboxylic acids is 1. The van der Waals surface area contributed by atoms with Crippen LogP contribution in [0.2, 0.25) is 0 Å². The molecule has 25 heavy (non-hydrogen) atoms. The average Bonchev–Trinajstić information content (AvgIpc) is 3.02. The van der Waals surface area contributed by atoms with E-state index in [2.05, 4.69) is 14.9 Å². The maximum atomic E-state index is 12.6. The summed E-state index contributed by atoms with van der Waals surface area (Å²) in [5.41, 5.74) is 0.689. The fourth-order valence-electron chi connectivity index (χ4n) is 3.68. The van der Waals surface area contributed by atoms with Crippen LogP contribution in [0.1, 0.15) is 28.6 Å². The first-order valence-corrected chi connectivity index (χ1v) is 8.62. The summed E-state index contributed by atoms with van der Waals surface area (Å²) in [7, 11) is 0. The minimum absolute atomic E-state index is 0.0528. The molecule has 0 spiro atoms. The van der Waals surface area contributed by atoms with E-state index in [1.807, 2.05) is 6.07 Å². The molecule has 10 heteroatoms. The Hall–Kier alpha value is -2.75. The highest BCUT2D eigenvalue weighted by Gasteiger charge is 2.36. The van der Waals surface area contributed by atoms with Crippen molar-refractivity contribution in [2.75, 3.05) is 18.4 Å². The summed E-state index contributed by atoms with van der Waals surface area (Å²) < 4.78 is 5.34. The molecule has 0 saturated carbocycles. The van der Waals surface area contributed by atoms with E-state index in [1.165, 1.54) is 6.07 Å². The predicted molar refractivity (Wildman–Crippen MR) is 89.0 cm³/mol. The molecule has 1 saturated heterocycles. The van der Waals surface area contributed by atoms with Gasteiger partial charge in [0.25, 0.3) is 5.56 Å². The molecule has 2 aliphatic heterocycles. The van der Waals surface area contributed by atoms with E-state index in [4.69, 9.17) is 5.11 Å². The van der Waals surface area contributed by atoms with Crippen molar-refractivity contribution in [2.45, 2.75) is 18.9 Å². The van der Waals surface area contributed by atoms with Crippen molar-refractivity contribution in [3.05, 3.63) is 39.9 Å². The number of carboxylic acids is 1. The van der Waals surface area contributed by atoms with E-state index < -0.39 is 12.0 Å². The van der Waals surface area contributed by atoms with Crippen molar-refractivity contribution in [3.63, 3.8) is 0 Å². The number of fused-ring (bicyclic) bond motifs is 4. The third-order valence-corrected chi connectivity index (χ3v) is 5.29. The third kappa shape index (κ3) is 2.78. The number of hydrogen-bond donors (Lipinski definition) is 2. The number of urea groups is 1. The van der Waals surface area contributed by atoms with Crippen molar-refractivity contribution in [3.8, 4) is 0 Å². The Bertz CT molecular complexity index is 907. The zero-order valence-electron chi connectivity index (χ0n) is 13.1. The number of hydrogen-bond acceptors (Lipinski definition) is 6. The largest absolute Gasteiger partial charge is 0.476 e. The summed E-state index contributed by atoms with van der Waals surface area (Å²) in [5, 5.41) is 15.3. The quantitative estimate of drug-likeness (QED) is 0.825. The third-order valence-electron chi connectivity index (χ3n) is 4.65. The number of amides is 2. The molecule has 0 aromatic carbocycles. The monoisotopic (exact) mass is 361 g/mol. The number of carbonyl (C=O) groups is 2. The van der Waals surface area contributed by atoms with E-state index in [0.717, 1.165) is 30.1 Å². The standard InChI is InChI=1S/C15H15N5O4S/c21-11-3-1-2-9-4-8-5-10(20(9)11)7-19(6-8)15(24)16-13-12(14(22)23)17-18-25-13/h1-3,8,10H,4-7H2,(H,16,24)(H,22,23)/t8-,10-/m0/s1. The molecular formula is C15H15N5O4S. The summed E-state index contributed by atoms with van der Waals surface area (Å²) in [6, 6.07) is 4.81. The molecule has 0 aliphatic carbocycles. The van der Waals surface area contributed by atoms with E-state index >= 15 is 0 Å². The Morgan fingerprint density at radius 1 is 1.32 bits per heavy atom. The summed E-state index contributed by atoms with van der Waals surface area (Å²) in [5.74, 6) is -0.954. The van der Waals surface area contributed by atoms with Crippen LogP contribution < -0.4 is 10.9 Å². The molecule has 2 N–H and O–H groups in total. The van der Waals surface area contributed by atoms with Crippen LogP contribution in [0.25, 0.3) is 0 Å². The predicted octanol–water partition coefficient (Wildman–Crippen LogP) is 1.05. The van der Waals surface area contributed by atoms with Gasteiger partial charge in [-0.1, -0.05) is 10.6 Å². The summed E-state index contributed by atoms with van der Waals surface area (Å²) in [6.07, 6.45) is 1.61. The van der Waals surface area contributed by atoms with E-state index in [1.54, 1.807) is 15.5 Å². The zero-order valence-corrected chi connectivity index (χ0v) is 13.9. The molecule has 4 rings (SSSR count). The van der Waals surface area contributed by atoms with Gasteiger partial charge in [-0.15, -0.1) is 5.10 Å². The first-order valence-electron chi connectivity index (χ1n) is 7.85. The average molecular weight is 361 g/mol. The highest BCUT2D eigenvalue weighted by atomic mass is 32.1. The van der Waals surface area contributed by atoms with Crippen LogP contribution in [-0.4, -0.2) is 49.3 Å². The molecule has 130 valence electrons. The number of carbonyl (C=O) groups excluding carboxylic acids is 1. The lowest BCUT2D eigenvalue weighted by molar-refractivity contribution is 0.0691. The van der Waals surface area contributed by atoms with Crippen molar-refractivity contribution < 1.29 is 14.7 Å². The van der Waals surface area contributed by atoms with Gasteiger partial charge < -0.3 is 14.6 Å². The van der Waals surface area contributed by atoms with Crippen LogP contribution in [0.15, 0.2) is 23.0 Å². The van der Waals surface area contributed by atoms with Crippen LogP contribution in [0.3, 0.4) is 0 Å². The highest BCUT2D eigenvalue weighted by molar-refractivity contribution is 7.10. The summed E-state index contributed by atoms with van der Waals surface area (Å²) in [4.78, 5) is 37.4.